The highest BCUT2D eigenvalue weighted by Crippen LogP contribution is 2.28. The Morgan fingerprint density at radius 1 is 0.955 bits per heavy atom. The van der Waals surface area contributed by atoms with Gasteiger partial charge in [0.1, 0.15) is 0 Å². The number of rotatable bonds is 4. The zero-order chi connectivity index (χ0) is 15.4. The second-order valence-corrected chi connectivity index (χ2v) is 6.19. The van der Waals surface area contributed by atoms with Crippen molar-refractivity contribution in [2.45, 2.75) is 0 Å². The molecule has 0 fully saturated rings. The van der Waals surface area contributed by atoms with Crippen LogP contribution in [-0.2, 0) is 0 Å². The third-order valence-electron chi connectivity index (χ3n) is 3.08. The Hall–Kier alpha value is -2.37. The number of para-hydroxylation sites is 1. The van der Waals surface area contributed by atoms with Crippen LogP contribution >= 0.6 is 23.6 Å². The van der Waals surface area contributed by atoms with Gasteiger partial charge in [-0.15, -0.1) is 11.3 Å². The average Bonchev–Trinajstić information content (AvgIpc) is 2.98. The van der Waals surface area contributed by atoms with Crippen molar-refractivity contribution in [1.82, 2.24) is 10.9 Å². The Morgan fingerprint density at radius 2 is 1.68 bits per heavy atom. The van der Waals surface area contributed by atoms with E-state index in [1.807, 2.05) is 42.5 Å². The van der Waals surface area contributed by atoms with Gasteiger partial charge in [-0.1, -0.05) is 43.0 Å². The summed E-state index contributed by atoms with van der Waals surface area (Å²) in [5.74, 6) is 0. The van der Waals surface area contributed by atoms with Crippen LogP contribution in [0.1, 0.15) is 4.88 Å². The zero-order valence-electron chi connectivity index (χ0n) is 11.8. The highest BCUT2D eigenvalue weighted by molar-refractivity contribution is 7.80. The standard InChI is InChI=1S/C17H15N3S2/c1-12(16-11-13-7-5-6-10-15(13)22-16)19-20-17(21)18-14-8-3-2-4-9-14/h2-11,19H,1H2,(H2,18,20,21). The van der Waals surface area contributed by atoms with Gasteiger partial charge in [0.25, 0.3) is 0 Å². The van der Waals surface area contributed by atoms with Gasteiger partial charge in [0.2, 0.25) is 0 Å². The largest absolute Gasteiger partial charge is 0.331 e. The first-order valence-electron chi connectivity index (χ1n) is 6.78. The van der Waals surface area contributed by atoms with Gasteiger partial charge in [0, 0.05) is 10.4 Å². The molecule has 0 spiro atoms. The van der Waals surface area contributed by atoms with E-state index < -0.39 is 0 Å². The Balaban J connectivity index is 1.59. The quantitative estimate of drug-likeness (QED) is 0.492. The predicted molar refractivity (Wildman–Crippen MR) is 99.8 cm³/mol. The fourth-order valence-corrected chi connectivity index (χ4v) is 3.17. The molecule has 1 heterocycles. The molecule has 2 aromatic carbocycles. The first-order chi connectivity index (χ1) is 10.7. The first-order valence-corrected chi connectivity index (χ1v) is 8.01. The number of fused-ring (bicyclic) bond motifs is 1. The Kier molecular flexibility index (Phi) is 4.37. The lowest BCUT2D eigenvalue weighted by Gasteiger charge is -2.13. The summed E-state index contributed by atoms with van der Waals surface area (Å²) in [5.41, 5.74) is 7.72. The minimum absolute atomic E-state index is 0.494. The fraction of sp³-hybridized carbons (Fsp3) is 0. The molecule has 0 saturated carbocycles. The number of anilines is 1. The number of hydrogen-bond donors (Lipinski definition) is 3. The first kappa shape index (κ1) is 14.6. The van der Waals surface area contributed by atoms with Crippen LogP contribution in [0.3, 0.4) is 0 Å². The molecule has 1 aromatic heterocycles. The molecule has 3 aromatic rings. The van der Waals surface area contributed by atoms with Gasteiger partial charge in [-0.2, -0.15) is 0 Å². The lowest BCUT2D eigenvalue weighted by atomic mass is 10.2. The van der Waals surface area contributed by atoms with Crippen LogP contribution in [0.25, 0.3) is 15.8 Å². The maximum Gasteiger partial charge on any atom is 0.189 e. The number of thiophene rings is 1. The molecule has 0 aliphatic heterocycles. The van der Waals surface area contributed by atoms with Gasteiger partial charge in [0.15, 0.2) is 5.11 Å². The maximum atomic E-state index is 5.25. The molecule has 0 aliphatic carbocycles. The zero-order valence-corrected chi connectivity index (χ0v) is 13.4. The number of nitrogens with one attached hydrogen (secondary N) is 3. The molecular formula is C17H15N3S2. The van der Waals surface area contributed by atoms with E-state index in [9.17, 15) is 0 Å². The molecule has 0 radical (unpaired) electrons. The maximum absolute atomic E-state index is 5.25. The Bertz CT molecular complexity index is 776. The molecule has 110 valence electrons. The van der Waals surface area contributed by atoms with Crippen LogP contribution in [0.2, 0.25) is 0 Å². The van der Waals surface area contributed by atoms with E-state index in [2.05, 4.69) is 40.9 Å². The van der Waals surface area contributed by atoms with Crippen molar-refractivity contribution in [3.8, 4) is 0 Å². The molecule has 3 N–H and O–H groups in total. The molecule has 3 rings (SSSR count). The molecule has 0 atom stereocenters. The lowest BCUT2D eigenvalue weighted by Crippen LogP contribution is -2.38. The summed E-state index contributed by atoms with van der Waals surface area (Å²) in [7, 11) is 0. The van der Waals surface area contributed by atoms with Gasteiger partial charge in [-0.25, -0.2) is 0 Å². The normalized spacial score (nSPS) is 10.2. The van der Waals surface area contributed by atoms with Crippen LogP contribution in [0.5, 0.6) is 0 Å². The van der Waals surface area contributed by atoms with Crippen molar-refractivity contribution in [3.63, 3.8) is 0 Å². The summed E-state index contributed by atoms with van der Waals surface area (Å²) in [6, 6.07) is 20.2. The Morgan fingerprint density at radius 3 is 2.45 bits per heavy atom. The molecule has 0 aliphatic rings. The van der Waals surface area contributed by atoms with Gasteiger partial charge >= 0.3 is 0 Å². The topological polar surface area (TPSA) is 36.1 Å². The van der Waals surface area contributed by atoms with E-state index in [0.29, 0.717) is 5.11 Å². The van der Waals surface area contributed by atoms with Crippen molar-refractivity contribution in [1.29, 1.82) is 0 Å². The smallest absolute Gasteiger partial charge is 0.189 e. The highest BCUT2D eigenvalue weighted by atomic mass is 32.1. The number of hydrazine groups is 1. The molecule has 0 amide bonds. The highest BCUT2D eigenvalue weighted by Gasteiger charge is 2.05. The van der Waals surface area contributed by atoms with Gasteiger partial charge in [-0.05, 0) is 41.9 Å². The monoisotopic (exact) mass is 325 g/mol. The molecule has 5 heteroatoms. The second kappa shape index (κ2) is 6.60. The molecule has 22 heavy (non-hydrogen) atoms. The van der Waals surface area contributed by atoms with E-state index in [-0.39, 0.29) is 0 Å². The molecule has 0 saturated heterocycles. The van der Waals surface area contributed by atoms with Gasteiger partial charge in [0.05, 0.1) is 10.6 Å². The summed E-state index contributed by atoms with van der Waals surface area (Å²) >= 11 is 6.94. The number of hydrogen-bond acceptors (Lipinski definition) is 3. The predicted octanol–water partition coefficient (Wildman–Crippen LogP) is 4.36. The number of benzene rings is 2. The summed E-state index contributed by atoms with van der Waals surface area (Å²) in [6.07, 6.45) is 0. The van der Waals surface area contributed by atoms with E-state index in [4.69, 9.17) is 12.2 Å². The van der Waals surface area contributed by atoms with Gasteiger partial charge in [-0.3, -0.25) is 10.9 Å². The van der Waals surface area contributed by atoms with Crippen molar-refractivity contribution in [3.05, 3.63) is 72.1 Å². The molecule has 3 nitrogen and oxygen atoms in total. The van der Waals surface area contributed by atoms with Crippen LogP contribution < -0.4 is 16.2 Å². The van der Waals surface area contributed by atoms with Crippen LogP contribution in [0.15, 0.2) is 67.2 Å². The summed E-state index contributed by atoms with van der Waals surface area (Å²) in [6.45, 7) is 4.05. The van der Waals surface area contributed by atoms with Crippen LogP contribution in [-0.4, -0.2) is 5.11 Å². The lowest BCUT2D eigenvalue weighted by molar-refractivity contribution is 0.853. The number of thiocarbonyl (C=S) groups is 1. The summed E-state index contributed by atoms with van der Waals surface area (Å²) in [4.78, 5) is 1.08. The van der Waals surface area contributed by atoms with E-state index >= 15 is 0 Å². The summed E-state index contributed by atoms with van der Waals surface area (Å²) < 4.78 is 1.24. The van der Waals surface area contributed by atoms with E-state index in [1.165, 1.54) is 10.1 Å². The Labute approximate surface area is 138 Å². The average molecular weight is 325 g/mol. The van der Waals surface area contributed by atoms with Crippen molar-refractivity contribution in [2.24, 2.45) is 0 Å². The third kappa shape index (κ3) is 3.44. The SMILES string of the molecule is C=C(NNC(=S)Nc1ccccc1)c1cc2ccccc2s1. The summed E-state index contributed by atoms with van der Waals surface area (Å²) in [5, 5.41) is 4.81. The van der Waals surface area contributed by atoms with Crippen molar-refractivity contribution >= 4 is 50.1 Å². The van der Waals surface area contributed by atoms with E-state index in [1.54, 1.807) is 11.3 Å². The van der Waals surface area contributed by atoms with E-state index in [0.717, 1.165) is 16.3 Å². The van der Waals surface area contributed by atoms with Crippen LogP contribution in [0.4, 0.5) is 5.69 Å². The van der Waals surface area contributed by atoms with Crippen LogP contribution in [0, 0.1) is 0 Å². The fourth-order valence-electron chi connectivity index (χ4n) is 2.01. The van der Waals surface area contributed by atoms with Crippen molar-refractivity contribution < 1.29 is 0 Å². The molecule has 0 unspecified atom stereocenters. The minimum Gasteiger partial charge on any atom is -0.331 e. The second-order valence-electron chi connectivity index (χ2n) is 4.70. The van der Waals surface area contributed by atoms with Crippen molar-refractivity contribution in [2.75, 3.05) is 5.32 Å². The minimum atomic E-state index is 0.494. The molecule has 0 bridgehead atoms. The third-order valence-corrected chi connectivity index (χ3v) is 4.46. The van der Waals surface area contributed by atoms with Gasteiger partial charge < -0.3 is 5.32 Å². The molecular weight excluding hydrogens is 310 g/mol.